The fraction of sp³-hybridized carbons (Fsp3) is 0.250. The molecule has 0 saturated carbocycles. The lowest BCUT2D eigenvalue weighted by Gasteiger charge is -2.41. The molecule has 6 nitrogen and oxygen atoms in total. The SMILES string of the molecule is O=C(NCc1ccccc1)C1(Cc2ccccc2)CCN(c2nc(O)c3cc(Cl)ccc3n2)CC1. The third-order valence-electron chi connectivity index (χ3n) is 6.79. The summed E-state index contributed by atoms with van der Waals surface area (Å²) in [4.78, 5) is 24.6. The topological polar surface area (TPSA) is 78.4 Å². The van der Waals surface area contributed by atoms with Gasteiger partial charge in [0.2, 0.25) is 17.7 Å². The minimum absolute atomic E-state index is 0.0711. The number of piperidine rings is 1. The zero-order valence-corrected chi connectivity index (χ0v) is 20.1. The summed E-state index contributed by atoms with van der Waals surface area (Å²) in [5.74, 6) is 0.450. The van der Waals surface area contributed by atoms with Crippen LogP contribution in [0.15, 0.2) is 78.9 Å². The van der Waals surface area contributed by atoms with Crippen LogP contribution in [0.25, 0.3) is 10.9 Å². The van der Waals surface area contributed by atoms with Gasteiger partial charge in [0.05, 0.1) is 16.3 Å². The molecule has 4 aromatic rings. The lowest BCUT2D eigenvalue weighted by atomic mass is 9.73. The van der Waals surface area contributed by atoms with Crippen molar-refractivity contribution in [2.24, 2.45) is 5.41 Å². The van der Waals surface area contributed by atoms with Crippen molar-refractivity contribution in [2.75, 3.05) is 18.0 Å². The second kappa shape index (κ2) is 9.92. The second-order valence-electron chi connectivity index (χ2n) is 9.11. The molecule has 1 saturated heterocycles. The highest BCUT2D eigenvalue weighted by molar-refractivity contribution is 6.31. The first-order valence-electron chi connectivity index (χ1n) is 11.8. The summed E-state index contributed by atoms with van der Waals surface area (Å²) in [5, 5.41) is 14.7. The minimum atomic E-state index is -0.529. The van der Waals surface area contributed by atoms with E-state index in [9.17, 15) is 9.90 Å². The number of anilines is 1. The fourth-order valence-electron chi connectivity index (χ4n) is 4.79. The van der Waals surface area contributed by atoms with Crippen molar-refractivity contribution in [3.05, 3.63) is 95.0 Å². The maximum absolute atomic E-state index is 13.6. The third-order valence-corrected chi connectivity index (χ3v) is 7.03. The average molecular weight is 487 g/mol. The van der Waals surface area contributed by atoms with Gasteiger partial charge in [-0.2, -0.15) is 4.98 Å². The molecule has 0 unspecified atom stereocenters. The number of fused-ring (bicyclic) bond motifs is 1. The van der Waals surface area contributed by atoms with Crippen LogP contribution in [0, 0.1) is 5.41 Å². The van der Waals surface area contributed by atoms with Crippen molar-refractivity contribution in [3.8, 4) is 5.88 Å². The number of nitrogens with zero attached hydrogens (tertiary/aromatic N) is 3. The molecule has 0 bridgehead atoms. The van der Waals surface area contributed by atoms with Crippen LogP contribution in [0.5, 0.6) is 5.88 Å². The van der Waals surface area contributed by atoms with E-state index in [0.29, 0.717) is 60.8 Å². The lowest BCUT2D eigenvalue weighted by Crippen LogP contribution is -2.50. The molecule has 1 aliphatic rings. The highest BCUT2D eigenvalue weighted by Gasteiger charge is 2.42. The Bertz CT molecular complexity index is 1320. The predicted octanol–water partition coefficient (Wildman–Crippen LogP) is 5.13. The molecule has 35 heavy (non-hydrogen) atoms. The van der Waals surface area contributed by atoms with Crippen LogP contribution in [0.3, 0.4) is 0 Å². The van der Waals surface area contributed by atoms with Crippen LogP contribution in [0.2, 0.25) is 5.02 Å². The van der Waals surface area contributed by atoms with Crippen LogP contribution in [-0.2, 0) is 17.8 Å². The molecule has 2 heterocycles. The van der Waals surface area contributed by atoms with Crippen LogP contribution in [0.4, 0.5) is 5.95 Å². The molecule has 0 aliphatic carbocycles. The number of benzene rings is 3. The Morgan fingerprint density at radius 2 is 1.60 bits per heavy atom. The van der Waals surface area contributed by atoms with Crippen LogP contribution < -0.4 is 10.2 Å². The number of hydrogen-bond donors (Lipinski definition) is 2. The number of carbonyl (C=O) groups is 1. The van der Waals surface area contributed by atoms with E-state index < -0.39 is 5.41 Å². The maximum atomic E-state index is 13.6. The molecule has 1 aliphatic heterocycles. The van der Waals surface area contributed by atoms with Gasteiger partial charge in [-0.1, -0.05) is 72.3 Å². The Hall–Kier alpha value is -3.64. The minimum Gasteiger partial charge on any atom is -0.493 e. The van der Waals surface area contributed by atoms with Gasteiger partial charge in [-0.05, 0) is 48.6 Å². The maximum Gasteiger partial charge on any atom is 0.229 e. The molecule has 7 heteroatoms. The number of halogens is 1. The van der Waals surface area contributed by atoms with E-state index in [1.807, 2.05) is 53.4 Å². The lowest BCUT2D eigenvalue weighted by molar-refractivity contribution is -0.132. The van der Waals surface area contributed by atoms with E-state index in [4.69, 9.17) is 11.6 Å². The summed E-state index contributed by atoms with van der Waals surface area (Å²) in [6.07, 6.45) is 1.99. The molecule has 2 N–H and O–H groups in total. The molecular formula is C28H27ClN4O2. The Morgan fingerprint density at radius 1 is 0.943 bits per heavy atom. The van der Waals surface area contributed by atoms with Gasteiger partial charge >= 0.3 is 0 Å². The number of aromatic nitrogens is 2. The Labute approximate surface area is 209 Å². The molecule has 0 spiro atoms. The van der Waals surface area contributed by atoms with Crippen molar-refractivity contribution in [3.63, 3.8) is 0 Å². The van der Waals surface area contributed by atoms with Gasteiger partial charge in [0.25, 0.3) is 0 Å². The van der Waals surface area contributed by atoms with Gasteiger partial charge in [0.15, 0.2) is 0 Å². The summed E-state index contributed by atoms with van der Waals surface area (Å²) in [7, 11) is 0. The highest BCUT2D eigenvalue weighted by atomic mass is 35.5. The van der Waals surface area contributed by atoms with E-state index >= 15 is 0 Å². The molecule has 1 aromatic heterocycles. The van der Waals surface area contributed by atoms with E-state index in [0.717, 1.165) is 11.1 Å². The number of hydrogen-bond acceptors (Lipinski definition) is 5. The predicted molar refractivity (Wildman–Crippen MR) is 139 cm³/mol. The second-order valence-corrected chi connectivity index (χ2v) is 9.54. The molecule has 1 amide bonds. The third kappa shape index (κ3) is 5.08. The van der Waals surface area contributed by atoms with Gasteiger partial charge in [0.1, 0.15) is 0 Å². The van der Waals surface area contributed by atoms with Crippen LogP contribution in [-0.4, -0.2) is 34.1 Å². The van der Waals surface area contributed by atoms with E-state index in [1.165, 1.54) is 0 Å². The van der Waals surface area contributed by atoms with Gasteiger partial charge in [0, 0.05) is 24.7 Å². The largest absolute Gasteiger partial charge is 0.493 e. The van der Waals surface area contributed by atoms with Gasteiger partial charge in [-0.15, -0.1) is 0 Å². The van der Waals surface area contributed by atoms with Crippen LogP contribution in [0.1, 0.15) is 24.0 Å². The first-order chi connectivity index (χ1) is 17.0. The smallest absolute Gasteiger partial charge is 0.229 e. The van der Waals surface area contributed by atoms with Crippen LogP contribution >= 0.6 is 11.6 Å². The summed E-state index contributed by atoms with van der Waals surface area (Å²) < 4.78 is 0. The van der Waals surface area contributed by atoms with Crippen molar-refractivity contribution in [1.29, 1.82) is 0 Å². The molecule has 5 rings (SSSR count). The zero-order valence-electron chi connectivity index (χ0n) is 19.3. The van der Waals surface area contributed by atoms with Gasteiger partial charge < -0.3 is 15.3 Å². The average Bonchev–Trinajstić information content (AvgIpc) is 2.89. The monoisotopic (exact) mass is 486 g/mol. The zero-order chi connectivity index (χ0) is 24.3. The van der Waals surface area contributed by atoms with Crippen molar-refractivity contribution in [2.45, 2.75) is 25.8 Å². The van der Waals surface area contributed by atoms with Crippen molar-refractivity contribution < 1.29 is 9.90 Å². The summed E-state index contributed by atoms with van der Waals surface area (Å²) in [6.45, 7) is 1.73. The van der Waals surface area contributed by atoms with E-state index in [1.54, 1.807) is 18.2 Å². The summed E-state index contributed by atoms with van der Waals surface area (Å²) >= 11 is 6.06. The molecule has 3 aromatic carbocycles. The Kier molecular flexibility index (Phi) is 6.55. The molecule has 0 atom stereocenters. The summed E-state index contributed by atoms with van der Waals surface area (Å²) in [6, 6.07) is 25.3. The summed E-state index contributed by atoms with van der Waals surface area (Å²) in [5.41, 5.74) is 2.33. The molecule has 178 valence electrons. The first-order valence-corrected chi connectivity index (χ1v) is 12.2. The van der Waals surface area contributed by atoms with Gasteiger partial charge in [-0.3, -0.25) is 4.79 Å². The van der Waals surface area contributed by atoms with E-state index in [2.05, 4.69) is 27.4 Å². The molecule has 1 fully saturated rings. The number of carbonyl (C=O) groups excluding carboxylic acids is 1. The first kappa shape index (κ1) is 23.1. The Balaban J connectivity index is 1.36. The number of nitrogens with one attached hydrogen (secondary N) is 1. The fourth-order valence-corrected chi connectivity index (χ4v) is 4.96. The van der Waals surface area contributed by atoms with Crippen molar-refractivity contribution >= 4 is 34.4 Å². The highest BCUT2D eigenvalue weighted by Crippen LogP contribution is 2.37. The quantitative estimate of drug-likeness (QED) is 0.395. The number of rotatable bonds is 6. The van der Waals surface area contributed by atoms with Gasteiger partial charge in [-0.25, -0.2) is 4.98 Å². The number of aromatic hydroxyl groups is 1. The van der Waals surface area contributed by atoms with E-state index in [-0.39, 0.29) is 11.8 Å². The molecule has 0 radical (unpaired) electrons. The Morgan fingerprint density at radius 3 is 2.29 bits per heavy atom. The normalized spacial score (nSPS) is 15.2. The van der Waals surface area contributed by atoms with Crippen molar-refractivity contribution in [1.82, 2.24) is 15.3 Å². The number of amides is 1. The molecular weight excluding hydrogens is 460 g/mol. The standard InChI is InChI=1S/C28H27ClN4O2/c29-22-11-12-24-23(17-22)25(34)32-27(31-24)33-15-13-28(14-16-33,18-20-7-3-1-4-8-20)26(35)30-19-21-9-5-2-6-10-21/h1-12,17H,13-16,18-19H2,(H,30,35)(H,31,32,34).